The summed E-state index contributed by atoms with van der Waals surface area (Å²) in [5, 5.41) is 0. The number of allylic oxidation sites excluding steroid dienone is 5. The van der Waals surface area contributed by atoms with E-state index in [1.807, 2.05) is 6.08 Å². The van der Waals surface area contributed by atoms with Crippen molar-refractivity contribution in [2.24, 2.45) is 0 Å². The molecule has 0 aromatic carbocycles. The SMILES string of the molecule is C=CCC=CC=CCCCCCCCCCCCCCC. The molecule has 0 fully saturated rings. The number of unbranched alkanes of at least 4 members (excludes halogenated alkanes) is 12. The first-order valence-corrected chi connectivity index (χ1v) is 9.34. The van der Waals surface area contributed by atoms with Crippen LogP contribution in [0.4, 0.5) is 0 Å². The van der Waals surface area contributed by atoms with Gasteiger partial charge in [0.1, 0.15) is 0 Å². The van der Waals surface area contributed by atoms with E-state index in [9.17, 15) is 0 Å². The minimum Gasteiger partial charge on any atom is -0.103 e. The Morgan fingerprint density at radius 3 is 1.62 bits per heavy atom. The zero-order valence-corrected chi connectivity index (χ0v) is 14.5. The maximum absolute atomic E-state index is 3.70. The maximum Gasteiger partial charge on any atom is -0.0169 e. The second-order valence-corrected chi connectivity index (χ2v) is 6.06. The summed E-state index contributed by atoms with van der Waals surface area (Å²) in [7, 11) is 0. The molecule has 0 unspecified atom stereocenters. The van der Waals surface area contributed by atoms with Gasteiger partial charge in [-0.2, -0.15) is 0 Å². The van der Waals surface area contributed by atoms with Crippen molar-refractivity contribution in [3.63, 3.8) is 0 Å². The second-order valence-electron chi connectivity index (χ2n) is 6.06. The summed E-state index contributed by atoms with van der Waals surface area (Å²) in [6, 6.07) is 0. The Morgan fingerprint density at radius 1 is 0.619 bits per heavy atom. The molecule has 0 bridgehead atoms. The molecule has 0 spiro atoms. The van der Waals surface area contributed by atoms with Gasteiger partial charge in [0.15, 0.2) is 0 Å². The largest absolute Gasteiger partial charge is 0.103 e. The van der Waals surface area contributed by atoms with Gasteiger partial charge in [0.2, 0.25) is 0 Å². The van der Waals surface area contributed by atoms with Crippen LogP contribution in [0.5, 0.6) is 0 Å². The average Bonchev–Trinajstić information content (AvgIpc) is 2.50. The lowest BCUT2D eigenvalue weighted by Gasteiger charge is -2.02. The minimum absolute atomic E-state index is 0.975. The molecule has 0 radical (unpaired) electrons. The van der Waals surface area contributed by atoms with E-state index in [2.05, 4.69) is 37.8 Å². The Balaban J connectivity index is 3.07. The van der Waals surface area contributed by atoms with Gasteiger partial charge >= 0.3 is 0 Å². The summed E-state index contributed by atoms with van der Waals surface area (Å²) in [5.41, 5.74) is 0. The molecule has 0 aromatic rings. The lowest BCUT2D eigenvalue weighted by Crippen LogP contribution is -1.82. The van der Waals surface area contributed by atoms with Gasteiger partial charge in [-0.05, 0) is 19.3 Å². The Kier molecular flexibility index (Phi) is 18.5. The van der Waals surface area contributed by atoms with E-state index in [1.165, 1.54) is 83.5 Å². The van der Waals surface area contributed by atoms with Gasteiger partial charge in [0, 0.05) is 0 Å². The van der Waals surface area contributed by atoms with Crippen molar-refractivity contribution >= 4 is 0 Å². The molecule has 122 valence electrons. The van der Waals surface area contributed by atoms with E-state index in [-0.39, 0.29) is 0 Å². The molecule has 0 aliphatic carbocycles. The fourth-order valence-electron chi connectivity index (χ4n) is 2.53. The predicted molar refractivity (Wildman–Crippen MR) is 98.8 cm³/mol. The summed E-state index contributed by atoms with van der Waals surface area (Å²) in [5.74, 6) is 0. The molecule has 0 aliphatic rings. The first-order valence-electron chi connectivity index (χ1n) is 9.34. The number of hydrogen-bond donors (Lipinski definition) is 0. The topological polar surface area (TPSA) is 0 Å². The lowest BCUT2D eigenvalue weighted by atomic mass is 10.0. The standard InChI is InChI=1S/C21H38/c1-3-5-7-9-11-13-15-17-19-21-20-18-16-14-12-10-8-6-4-2/h3,7,9,11,13H,1,4-6,8,10,12,14-21H2,2H3. The van der Waals surface area contributed by atoms with Crippen LogP contribution in [0.3, 0.4) is 0 Å². The van der Waals surface area contributed by atoms with Crippen molar-refractivity contribution < 1.29 is 0 Å². The van der Waals surface area contributed by atoms with Crippen LogP contribution in [0.25, 0.3) is 0 Å². The second kappa shape index (κ2) is 19.2. The summed E-state index contributed by atoms with van der Waals surface area (Å²) in [6.45, 7) is 5.98. The highest BCUT2D eigenvalue weighted by molar-refractivity contribution is 5.03. The molecule has 0 heterocycles. The number of hydrogen-bond acceptors (Lipinski definition) is 0. The summed E-state index contributed by atoms with van der Waals surface area (Å²) in [4.78, 5) is 0. The van der Waals surface area contributed by atoms with Crippen molar-refractivity contribution in [2.75, 3.05) is 0 Å². The first-order chi connectivity index (χ1) is 10.4. The van der Waals surface area contributed by atoms with Crippen LogP contribution in [0.2, 0.25) is 0 Å². The van der Waals surface area contributed by atoms with Gasteiger partial charge in [-0.25, -0.2) is 0 Å². The molecule has 0 aliphatic heterocycles. The van der Waals surface area contributed by atoms with Crippen molar-refractivity contribution in [3.8, 4) is 0 Å². The molecule has 0 amide bonds. The number of rotatable bonds is 16. The molecule has 0 atom stereocenters. The van der Waals surface area contributed by atoms with Gasteiger partial charge in [-0.15, -0.1) is 6.58 Å². The average molecular weight is 291 g/mol. The monoisotopic (exact) mass is 290 g/mol. The maximum atomic E-state index is 3.70. The highest BCUT2D eigenvalue weighted by atomic mass is 14.0. The van der Waals surface area contributed by atoms with Gasteiger partial charge in [0.05, 0.1) is 0 Å². The predicted octanol–water partition coefficient (Wildman–Crippen LogP) is 7.77. The van der Waals surface area contributed by atoms with E-state index in [0.29, 0.717) is 0 Å². The van der Waals surface area contributed by atoms with Gasteiger partial charge in [0.25, 0.3) is 0 Å². The van der Waals surface area contributed by atoms with E-state index in [1.54, 1.807) is 0 Å². The third-order valence-electron chi connectivity index (χ3n) is 3.91. The summed E-state index contributed by atoms with van der Waals surface area (Å²) >= 11 is 0. The normalized spacial score (nSPS) is 11.7. The fraction of sp³-hybridized carbons (Fsp3) is 0.714. The molecule has 0 nitrogen and oxygen atoms in total. The molecule has 21 heavy (non-hydrogen) atoms. The van der Waals surface area contributed by atoms with Gasteiger partial charge in [-0.1, -0.05) is 108 Å². The van der Waals surface area contributed by atoms with E-state index >= 15 is 0 Å². The highest BCUT2D eigenvalue weighted by Gasteiger charge is 1.92. The molecular weight excluding hydrogens is 252 g/mol. The van der Waals surface area contributed by atoms with Crippen molar-refractivity contribution in [1.82, 2.24) is 0 Å². The summed E-state index contributed by atoms with van der Waals surface area (Å²) < 4.78 is 0. The Bertz CT molecular complexity index is 247. The van der Waals surface area contributed by atoms with Crippen LogP contribution >= 0.6 is 0 Å². The molecule has 0 saturated heterocycles. The minimum atomic E-state index is 0.975. The van der Waals surface area contributed by atoms with Gasteiger partial charge < -0.3 is 0 Å². The molecule has 0 aromatic heterocycles. The third-order valence-corrected chi connectivity index (χ3v) is 3.91. The highest BCUT2D eigenvalue weighted by Crippen LogP contribution is 2.12. The van der Waals surface area contributed by atoms with Crippen LogP contribution in [0, 0.1) is 0 Å². The van der Waals surface area contributed by atoms with Crippen LogP contribution in [0.1, 0.15) is 96.8 Å². The van der Waals surface area contributed by atoms with E-state index in [4.69, 9.17) is 0 Å². The van der Waals surface area contributed by atoms with Crippen molar-refractivity contribution in [1.29, 1.82) is 0 Å². The van der Waals surface area contributed by atoms with Crippen LogP contribution in [-0.2, 0) is 0 Å². The molecule has 0 saturated carbocycles. The van der Waals surface area contributed by atoms with Crippen LogP contribution in [-0.4, -0.2) is 0 Å². The smallest absolute Gasteiger partial charge is 0.0169 e. The van der Waals surface area contributed by atoms with Crippen LogP contribution in [0.15, 0.2) is 37.0 Å². The Morgan fingerprint density at radius 2 is 1.10 bits per heavy atom. The zero-order chi connectivity index (χ0) is 15.4. The molecule has 0 N–H and O–H groups in total. The Labute approximate surface area is 134 Å². The zero-order valence-electron chi connectivity index (χ0n) is 14.5. The van der Waals surface area contributed by atoms with E-state index < -0.39 is 0 Å². The molecular formula is C21H38. The quantitative estimate of drug-likeness (QED) is 0.155. The van der Waals surface area contributed by atoms with Crippen molar-refractivity contribution in [2.45, 2.75) is 96.8 Å². The van der Waals surface area contributed by atoms with E-state index in [0.717, 1.165) is 6.42 Å². The van der Waals surface area contributed by atoms with Gasteiger partial charge in [-0.3, -0.25) is 0 Å². The third kappa shape index (κ3) is 19.2. The molecule has 0 heteroatoms. The molecule has 0 rings (SSSR count). The first kappa shape index (κ1) is 20.2. The summed E-state index contributed by atoms with van der Waals surface area (Å²) in [6.07, 6.45) is 30.0. The Hall–Kier alpha value is -0.780. The van der Waals surface area contributed by atoms with Crippen molar-refractivity contribution in [3.05, 3.63) is 37.0 Å². The lowest BCUT2D eigenvalue weighted by molar-refractivity contribution is 0.545. The van der Waals surface area contributed by atoms with Crippen LogP contribution < -0.4 is 0 Å². The fourth-order valence-corrected chi connectivity index (χ4v) is 2.53.